The number of Topliss-reactive ketones (excluding diaryl/α,β-unsaturated/α-hetero) is 1. The van der Waals surface area contributed by atoms with Gasteiger partial charge in [-0.2, -0.15) is 0 Å². The van der Waals surface area contributed by atoms with Gasteiger partial charge in [-0.3, -0.25) is 0 Å². The van der Waals surface area contributed by atoms with Gasteiger partial charge in [0, 0.05) is 0 Å². The number of aliphatic hydroxyl groups excluding tert-OH is 1. The molecule has 0 radical (unpaired) electrons. The van der Waals surface area contributed by atoms with E-state index in [0.29, 0.717) is 5.56 Å². The third kappa shape index (κ3) is 5.29. The van der Waals surface area contributed by atoms with Gasteiger partial charge in [0.2, 0.25) is 0 Å². The number of carbonyl (C=O) groups is 1. The number of hydrogen-bond donors (Lipinski definition) is 1. The number of rotatable bonds is 7. The van der Waals surface area contributed by atoms with Gasteiger partial charge in [-0.05, 0) is 0 Å². The average molecular weight is 409 g/mol. The summed E-state index contributed by atoms with van der Waals surface area (Å²) in [4.78, 5) is 17.7. The molecule has 0 fully saturated rings. The van der Waals surface area contributed by atoms with Crippen LogP contribution in [0.5, 0.6) is 0 Å². The number of aliphatic hydroxyl groups is 1. The maximum absolute atomic E-state index is 12.9. The molecule has 0 aromatic heterocycles. The Kier molecular flexibility index (Phi) is 6.71. The van der Waals surface area contributed by atoms with Crippen molar-refractivity contribution < 1.29 is 23.1 Å². The van der Waals surface area contributed by atoms with Crippen LogP contribution in [0.4, 0.5) is 13.2 Å². The fourth-order valence-electron chi connectivity index (χ4n) is 2.05. The molecule has 21 heavy (non-hydrogen) atoms. The first kappa shape index (κ1) is 18.5. The van der Waals surface area contributed by atoms with Gasteiger partial charge in [-0.15, -0.1) is 0 Å². The first-order valence-corrected chi connectivity index (χ1v) is 16.8. The van der Waals surface area contributed by atoms with Crippen molar-refractivity contribution in [3.8, 4) is 0 Å². The van der Waals surface area contributed by atoms with Crippen molar-refractivity contribution >= 4 is 27.7 Å². The van der Waals surface area contributed by atoms with Gasteiger partial charge in [0.25, 0.3) is 0 Å². The summed E-state index contributed by atoms with van der Waals surface area (Å²) in [7, 11) is 0. The Labute approximate surface area is 127 Å². The zero-order chi connectivity index (χ0) is 16.2. The summed E-state index contributed by atoms with van der Waals surface area (Å²) in [6, 6.07) is 7.19. The van der Waals surface area contributed by atoms with E-state index in [1.165, 1.54) is 3.58 Å². The molecule has 0 aliphatic heterocycles. The molecule has 0 bridgehead atoms. The van der Waals surface area contributed by atoms with Crippen molar-refractivity contribution in [1.82, 2.24) is 0 Å². The Morgan fingerprint density at radius 2 is 1.71 bits per heavy atom. The molecule has 1 rings (SSSR count). The third-order valence-electron chi connectivity index (χ3n) is 3.47. The quantitative estimate of drug-likeness (QED) is 0.704. The van der Waals surface area contributed by atoms with Gasteiger partial charge in [0.05, 0.1) is 0 Å². The molecule has 1 aromatic rings. The van der Waals surface area contributed by atoms with Gasteiger partial charge in [0.15, 0.2) is 0 Å². The summed E-state index contributed by atoms with van der Waals surface area (Å²) in [6.07, 6.45) is -5.03. The van der Waals surface area contributed by atoms with Crippen molar-refractivity contribution in [3.63, 3.8) is 0 Å². The Morgan fingerprint density at radius 3 is 2.10 bits per heavy atom. The molecular formula is C15H21F3O2Sn. The Morgan fingerprint density at radius 1 is 1.19 bits per heavy atom. The monoisotopic (exact) mass is 410 g/mol. The van der Waals surface area contributed by atoms with E-state index in [1.807, 2.05) is 12.1 Å². The second-order valence-electron chi connectivity index (χ2n) is 6.20. The number of benzene rings is 1. The van der Waals surface area contributed by atoms with Gasteiger partial charge in [0.1, 0.15) is 0 Å². The zero-order valence-electron chi connectivity index (χ0n) is 12.4. The first-order valence-electron chi connectivity index (χ1n) is 6.82. The van der Waals surface area contributed by atoms with Gasteiger partial charge in [-0.25, -0.2) is 0 Å². The molecule has 0 spiro atoms. The van der Waals surface area contributed by atoms with Crippen molar-refractivity contribution in [1.29, 1.82) is 0 Å². The van der Waals surface area contributed by atoms with E-state index in [9.17, 15) is 23.1 Å². The van der Waals surface area contributed by atoms with Crippen LogP contribution in [0, 0.1) is 5.92 Å². The van der Waals surface area contributed by atoms with Crippen LogP contribution in [0.25, 0.3) is 0 Å². The van der Waals surface area contributed by atoms with Crippen molar-refractivity contribution in [2.45, 2.75) is 33.8 Å². The predicted octanol–water partition coefficient (Wildman–Crippen LogP) is 3.08. The first-order chi connectivity index (χ1) is 9.66. The Hall–Kier alpha value is -0.561. The number of ketones is 1. The second-order valence-corrected chi connectivity index (χ2v) is 20.7. The van der Waals surface area contributed by atoms with Gasteiger partial charge in [-0.1, -0.05) is 0 Å². The van der Waals surface area contributed by atoms with Crippen LogP contribution in [0.3, 0.4) is 0 Å². The molecule has 0 aliphatic rings. The average Bonchev–Trinajstić information content (AvgIpc) is 2.42. The van der Waals surface area contributed by atoms with Gasteiger partial charge >= 0.3 is 127 Å². The number of halogens is 3. The van der Waals surface area contributed by atoms with E-state index >= 15 is 0 Å². The summed E-state index contributed by atoms with van der Waals surface area (Å²) in [5.74, 6) is -2.46. The summed E-state index contributed by atoms with van der Waals surface area (Å²) >= 11 is -2.20. The number of hydrogen-bond acceptors (Lipinski definition) is 2. The molecule has 0 heterocycles. The molecule has 2 atom stereocenters. The molecule has 6 heteroatoms. The Balaban J connectivity index is 2.85. The minimum absolute atomic E-state index is 0.457. The zero-order valence-corrected chi connectivity index (χ0v) is 15.3. The van der Waals surface area contributed by atoms with E-state index in [1.54, 1.807) is 12.1 Å². The summed E-state index contributed by atoms with van der Waals surface area (Å²) < 4.78 is 38.6. The summed E-state index contributed by atoms with van der Waals surface area (Å²) in [6.45, 7) is -1.01. The third-order valence-corrected chi connectivity index (χ3v) is 9.36. The molecular weight excluding hydrogens is 388 g/mol. The normalized spacial score (nSPS) is 15.0. The van der Waals surface area contributed by atoms with Crippen LogP contribution in [-0.2, 0) is 4.79 Å². The molecule has 0 aliphatic carbocycles. The molecule has 1 aromatic carbocycles. The fraction of sp³-hybridized carbons (Fsp3) is 0.533. The molecule has 0 saturated heterocycles. The summed E-state index contributed by atoms with van der Waals surface area (Å²) in [5, 5.41) is 10.1. The van der Waals surface area contributed by atoms with E-state index < -0.39 is 55.7 Å². The van der Waals surface area contributed by atoms with Crippen LogP contribution in [0.15, 0.2) is 24.3 Å². The van der Waals surface area contributed by atoms with Crippen molar-refractivity contribution in [2.24, 2.45) is 5.92 Å². The van der Waals surface area contributed by atoms with Gasteiger partial charge < -0.3 is 0 Å². The SMILES string of the molecule is [CH3][Sn]([CH3])([CH3])[c]1ccc([C@@H](O)[C@@H](CF)CC(=O)C(F)F)cc1. The predicted molar refractivity (Wildman–Crippen MR) is 79.5 cm³/mol. The summed E-state index contributed by atoms with van der Waals surface area (Å²) in [5.41, 5.74) is 0.457. The molecule has 0 unspecified atom stereocenters. The minimum atomic E-state index is -3.12. The Bertz CT molecular complexity index is 469. The van der Waals surface area contributed by atoms with Crippen molar-refractivity contribution in [2.75, 3.05) is 6.67 Å². The molecule has 0 saturated carbocycles. The maximum atomic E-state index is 12.9. The van der Waals surface area contributed by atoms with E-state index in [4.69, 9.17) is 0 Å². The fourth-order valence-corrected chi connectivity index (χ4v) is 5.38. The second kappa shape index (κ2) is 7.63. The standard InChI is InChI=1S/C12H12F3O2.3CH3.Sn/c13-7-9(6-10(16)12(14)15)11(17)8-4-2-1-3-5-8;;;;/h2-5,9,11-12,17H,6-7H2;3*1H3;/t9-,11-;;;;/m1..../s1. The van der Waals surface area contributed by atoms with Crippen LogP contribution in [0.1, 0.15) is 18.1 Å². The molecule has 0 amide bonds. The van der Waals surface area contributed by atoms with Crippen LogP contribution >= 0.6 is 0 Å². The molecule has 1 N–H and O–H groups in total. The number of alkyl halides is 3. The molecule has 118 valence electrons. The molecule has 2 nitrogen and oxygen atoms in total. The van der Waals surface area contributed by atoms with E-state index in [0.717, 1.165) is 0 Å². The van der Waals surface area contributed by atoms with E-state index in [2.05, 4.69) is 14.8 Å². The van der Waals surface area contributed by atoms with Crippen molar-refractivity contribution in [3.05, 3.63) is 29.8 Å². The van der Waals surface area contributed by atoms with Crippen LogP contribution < -0.4 is 3.58 Å². The topological polar surface area (TPSA) is 37.3 Å². The number of carbonyl (C=O) groups excluding carboxylic acids is 1. The van der Waals surface area contributed by atoms with E-state index in [-0.39, 0.29) is 0 Å². The van der Waals surface area contributed by atoms with Crippen LogP contribution in [-0.4, -0.2) is 42.4 Å². The van der Waals surface area contributed by atoms with Crippen LogP contribution in [0.2, 0.25) is 14.8 Å².